The van der Waals surface area contributed by atoms with E-state index < -0.39 is 0 Å². The molecule has 9 heteroatoms. The van der Waals surface area contributed by atoms with Crippen LogP contribution >= 0.6 is 23.8 Å². The Balaban J connectivity index is 1.35. The van der Waals surface area contributed by atoms with Crippen LogP contribution in [-0.4, -0.2) is 64.9 Å². The molecule has 0 N–H and O–H groups in total. The molecule has 0 aliphatic carbocycles. The lowest BCUT2D eigenvalue weighted by atomic mass is 9.95. The second-order valence-corrected chi connectivity index (χ2v) is 7.94. The predicted octanol–water partition coefficient (Wildman–Crippen LogP) is 3.05. The number of likely N-dealkylation sites (tertiary alicyclic amines) is 1. The third-order valence-corrected chi connectivity index (χ3v) is 5.80. The fraction of sp³-hybridized carbons (Fsp3) is 0.526. The summed E-state index contributed by atoms with van der Waals surface area (Å²) in [5, 5.41) is 5.12. The third-order valence-electron chi connectivity index (χ3n) is 5.27. The monoisotopic (exact) mass is 422 g/mol. The van der Waals surface area contributed by atoms with Gasteiger partial charge in [-0.15, -0.1) is 5.10 Å². The van der Waals surface area contributed by atoms with Crippen LogP contribution in [0.25, 0.3) is 11.5 Å². The predicted molar refractivity (Wildman–Crippen MR) is 107 cm³/mol. The number of ether oxygens (including phenoxy) is 1. The molecule has 150 valence electrons. The second kappa shape index (κ2) is 8.73. The molecule has 7 nitrogen and oxygen atoms in total. The van der Waals surface area contributed by atoms with Crippen LogP contribution < -0.4 is 0 Å². The summed E-state index contributed by atoms with van der Waals surface area (Å²) in [6, 6.07) is 7.35. The Morgan fingerprint density at radius 3 is 2.68 bits per heavy atom. The topological polar surface area (TPSA) is 63.7 Å². The number of halogens is 1. The lowest BCUT2D eigenvalue weighted by Crippen LogP contribution is -2.47. The fourth-order valence-corrected chi connectivity index (χ4v) is 4.05. The number of aromatic nitrogens is 2. The van der Waals surface area contributed by atoms with Gasteiger partial charge in [0.25, 0.3) is 4.84 Å². The lowest BCUT2D eigenvalue weighted by molar-refractivity contribution is -0.141. The van der Waals surface area contributed by atoms with E-state index in [0.29, 0.717) is 48.7 Å². The zero-order valence-corrected chi connectivity index (χ0v) is 17.1. The quantitative estimate of drug-likeness (QED) is 0.705. The number of morpholine rings is 1. The number of carbonyl (C=O) groups is 1. The zero-order valence-electron chi connectivity index (χ0n) is 15.6. The zero-order chi connectivity index (χ0) is 19.5. The number of carbonyl (C=O) groups excluding carboxylic acids is 1. The van der Waals surface area contributed by atoms with Gasteiger partial charge in [-0.3, -0.25) is 9.69 Å². The largest absolute Gasteiger partial charge is 0.409 e. The van der Waals surface area contributed by atoms with Crippen molar-refractivity contribution in [1.82, 2.24) is 19.6 Å². The fourth-order valence-electron chi connectivity index (χ4n) is 3.69. The van der Waals surface area contributed by atoms with Crippen LogP contribution in [0.15, 0.2) is 28.7 Å². The summed E-state index contributed by atoms with van der Waals surface area (Å²) in [6.45, 7) is 4.93. The summed E-state index contributed by atoms with van der Waals surface area (Å²) >= 11 is 11.4. The molecule has 0 bridgehead atoms. The summed E-state index contributed by atoms with van der Waals surface area (Å²) in [6.07, 6.45) is 1.70. The number of amides is 1. The van der Waals surface area contributed by atoms with Gasteiger partial charge in [0.05, 0.1) is 19.9 Å². The summed E-state index contributed by atoms with van der Waals surface area (Å²) < 4.78 is 12.7. The van der Waals surface area contributed by atoms with Gasteiger partial charge in [-0.1, -0.05) is 17.7 Å². The molecule has 3 heterocycles. The van der Waals surface area contributed by atoms with Gasteiger partial charge in [0, 0.05) is 42.7 Å². The van der Waals surface area contributed by atoms with E-state index in [0.717, 1.165) is 31.5 Å². The molecule has 0 atom stereocenters. The van der Waals surface area contributed by atoms with Crippen molar-refractivity contribution in [1.29, 1.82) is 0 Å². The molecule has 0 saturated carbocycles. The Labute approximate surface area is 173 Å². The van der Waals surface area contributed by atoms with Gasteiger partial charge in [0.2, 0.25) is 11.8 Å². The van der Waals surface area contributed by atoms with Gasteiger partial charge >= 0.3 is 0 Å². The summed E-state index contributed by atoms with van der Waals surface area (Å²) in [5.41, 5.74) is 0.798. The Bertz CT molecular complexity index is 885. The molecule has 2 aliphatic rings. The van der Waals surface area contributed by atoms with Crippen LogP contribution in [0, 0.1) is 10.8 Å². The Morgan fingerprint density at radius 1 is 1.21 bits per heavy atom. The van der Waals surface area contributed by atoms with E-state index in [-0.39, 0.29) is 11.8 Å². The first kappa shape index (κ1) is 19.6. The first-order valence-corrected chi connectivity index (χ1v) is 10.3. The molecule has 2 aliphatic heterocycles. The Morgan fingerprint density at radius 2 is 1.96 bits per heavy atom. The number of benzene rings is 1. The van der Waals surface area contributed by atoms with Crippen LogP contribution in [0.4, 0.5) is 0 Å². The molecule has 0 unspecified atom stereocenters. The van der Waals surface area contributed by atoms with Crippen LogP contribution in [0.2, 0.25) is 5.02 Å². The van der Waals surface area contributed by atoms with E-state index in [1.54, 1.807) is 16.8 Å². The Kier molecular flexibility index (Phi) is 6.10. The number of hydrogen-bond acceptors (Lipinski definition) is 6. The van der Waals surface area contributed by atoms with E-state index >= 15 is 0 Å². The van der Waals surface area contributed by atoms with Gasteiger partial charge < -0.3 is 14.1 Å². The minimum atomic E-state index is 0.0988. The lowest BCUT2D eigenvalue weighted by Gasteiger charge is -2.35. The molecule has 1 aromatic heterocycles. The number of rotatable bonds is 4. The van der Waals surface area contributed by atoms with E-state index in [1.165, 1.54) is 0 Å². The van der Waals surface area contributed by atoms with Crippen molar-refractivity contribution in [2.24, 2.45) is 5.92 Å². The molecule has 2 saturated heterocycles. The van der Waals surface area contributed by atoms with Crippen LogP contribution in [0.1, 0.15) is 12.8 Å². The first-order valence-electron chi connectivity index (χ1n) is 9.53. The van der Waals surface area contributed by atoms with Crippen LogP contribution in [-0.2, 0) is 16.2 Å². The van der Waals surface area contributed by atoms with Gasteiger partial charge in [0.1, 0.15) is 0 Å². The second-order valence-electron chi connectivity index (χ2n) is 7.15. The van der Waals surface area contributed by atoms with Crippen LogP contribution in [0.5, 0.6) is 0 Å². The van der Waals surface area contributed by atoms with Crippen molar-refractivity contribution < 1.29 is 13.9 Å². The normalized spacial score (nSPS) is 19.1. The molecule has 2 aromatic rings. The van der Waals surface area contributed by atoms with Gasteiger partial charge in [-0.05, 0) is 43.3 Å². The highest BCUT2D eigenvalue weighted by Gasteiger charge is 2.29. The van der Waals surface area contributed by atoms with Crippen molar-refractivity contribution in [3.8, 4) is 11.5 Å². The maximum Gasteiger partial charge on any atom is 0.288 e. The number of piperidine rings is 1. The van der Waals surface area contributed by atoms with E-state index in [2.05, 4.69) is 10.00 Å². The number of nitrogens with zero attached hydrogens (tertiary/aromatic N) is 4. The average molecular weight is 423 g/mol. The molecule has 1 aromatic carbocycles. The van der Waals surface area contributed by atoms with Gasteiger partial charge in [-0.25, -0.2) is 4.68 Å². The van der Waals surface area contributed by atoms with Crippen molar-refractivity contribution in [2.45, 2.75) is 19.5 Å². The van der Waals surface area contributed by atoms with Crippen LogP contribution in [0.3, 0.4) is 0 Å². The standard InChI is InChI=1S/C19H23ClN4O3S/c20-16-3-1-2-15(12-16)17-21-24(19(28)27-17)13-22-6-4-14(5-7-22)18(25)23-8-10-26-11-9-23/h1-3,12,14H,4-11,13H2. The highest BCUT2D eigenvalue weighted by Crippen LogP contribution is 2.23. The molecule has 28 heavy (non-hydrogen) atoms. The third kappa shape index (κ3) is 4.46. The summed E-state index contributed by atoms with van der Waals surface area (Å²) in [7, 11) is 0. The average Bonchev–Trinajstić information content (AvgIpc) is 3.09. The number of hydrogen-bond donors (Lipinski definition) is 0. The highest BCUT2D eigenvalue weighted by molar-refractivity contribution is 7.71. The van der Waals surface area contributed by atoms with E-state index in [9.17, 15) is 4.79 Å². The van der Waals surface area contributed by atoms with Crippen molar-refractivity contribution in [3.05, 3.63) is 34.1 Å². The molecular formula is C19H23ClN4O3S. The molecular weight excluding hydrogens is 400 g/mol. The van der Waals surface area contributed by atoms with Crippen molar-refractivity contribution in [3.63, 3.8) is 0 Å². The minimum Gasteiger partial charge on any atom is -0.409 e. The van der Waals surface area contributed by atoms with Gasteiger partial charge in [0.15, 0.2) is 0 Å². The van der Waals surface area contributed by atoms with Crippen molar-refractivity contribution in [2.75, 3.05) is 39.4 Å². The summed E-state index contributed by atoms with van der Waals surface area (Å²) in [4.78, 5) is 17.2. The van der Waals surface area contributed by atoms with E-state index in [1.807, 2.05) is 17.0 Å². The molecule has 4 rings (SSSR count). The molecule has 0 radical (unpaired) electrons. The maximum absolute atomic E-state index is 12.7. The van der Waals surface area contributed by atoms with Gasteiger partial charge in [-0.2, -0.15) is 0 Å². The minimum absolute atomic E-state index is 0.0988. The van der Waals surface area contributed by atoms with Crippen molar-refractivity contribution >= 4 is 29.7 Å². The first-order chi connectivity index (χ1) is 13.6. The highest BCUT2D eigenvalue weighted by atomic mass is 35.5. The smallest absolute Gasteiger partial charge is 0.288 e. The molecule has 1 amide bonds. The SMILES string of the molecule is O=C(C1CCN(Cn2nc(-c3cccc(Cl)c3)oc2=S)CC1)N1CCOCC1. The maximum atomic E-state index is 12.7. The van der Waals surface area contributed by atoms with E-state index in [4.69, 9.17) is 33.0 Å². The summed E-state index contributed by atoms with van der Waals surface area (Å²) in [5.74, 6) is 0.829. The molecule has 0 spiro atoms. The Hall–Kier alpha value is -1.74. The molecule has 2 fully saturated rings.